The van der Waals surface area contributed by atoms with E-state index in [1.807, 2.05) is 48.5 Å². The third kappa shape index (κ3) is 6.76. The van der Waals surface area contributed by atoms with Gasteiger partial charge in [0.15, 0.2) is 0 Å². The van der Waals surface area contributed by atoms with Crippen LogP contribution >= 0.6 is 11.9 Å². The summed E-state index contributed by atoms with van der Waals surface area (Å²) in [4.78, 5) is 24.1. The number of benzene rings is 2. The van der Waals surface area contributed by atoms with Crippen LogP contribution < -0.4 is 0 Å². The maximum atomic E-state index is 11.5. The van der Waals surface area contributed by atoms with Crippen LogP contribution in [0.1, 0.15) is 17.0 Å². The normalized spacial score (nSPS) is 15.0. The first kappa shape index (κ1) is 24.8. The van der Waals surface area contributed by atoms with Crippen LogP contribution in [0.2, 0.25) is 0 Å². The van der Waals surface area contributed by atoms with Gasteiger partial charge in [0.2, 0.25) is 6.09 Å². The Labute approximate surface area is 204 Å². The molecule has 1 aliphatic heterocycles. The van der Waals surface area contributed by atoms with Crippen LogP contribution in [0.25, 0.3) is 15.8 Å². The molecule has 0 radical (unpaired) electrons. The molecule has 2 aromatic rings. The van der Waals surface area contributed by atoms with E-state index in [0.29, 0.717) is 0 Å². The maximum Gasteiger partial charge on any atom is 0.348 e. The standard InChI is InChI=1S/C16H13NO4S.C5H11NO.U/c18-15(17-22-16(19)20)21-9-14-12-7-3-1-5-10(12)11-6-2-4-8-13(11)14;1-6-2-4-7-5-3-6;/h1-8,14H,9H2,(H2,17,18,19,20);2-5H2,1H3;/p-1. The van der Waals surface area contributed by atoms with Gasteiger partial charge in [-0.05, 0) is 29.3 Å². The van der Waals surface area contributed by atoms with E-state index in [1.165, 1.54) is 0 Å². The summed E-state index contributed by atoms with van der Waals surface area (Å²) in [5, 5.41) is 7.22. The van der Waals surface area contributed by atoms with Crippen LogP contribution in [0.3, 0.4) is 0 Å². The van der Waals surface area contributed by atoms with Crippen molar-refractivity contribution in [2.24, 2.45) is 0 Å². The van der Waals surface area contributed by atoms with Gasteiger partial charge < -0.3 is 24.2 Å². The van der Waals surface area contributed by atoms with Crippen LogP contribution in [0.15, 0.2) is 48.5 Å². The Balaban J connectivity index is 0.000000341. The molecule has 1 fully saturated rings. The van der Waals surface area contributed by atoms with E-state index in [4.69, 9.17) is 14.6 Å². The van der Waals surface area contributed by atoms with Gasteiger partial charge in [-0.2, -0.15) is 0 Å². The summed E-state index contributed by atoms with van der Waals surface area (Å²) in [6, 6.07) is 16.0. The monoisotopic (exact) mass is 653 g/mol. The second-order valence-electron chi connectivity index (χ2n) is 6.67. The number of likely N-dealkylation sites (N-methyl/N-ethyl adjacent to an activating group) is 1. The smallest absolute Gasteiger partial charge is 0.348 e. The average molecular weight is 654 g/mol. The fraction of sp³-hybridized carbons (Fsp3) is 0.333. The molecular formula is C21H23N2O5SU-. The van der Waals surface area contributed by atoms with Gasteiger partial charge in [-0.25, -0.2) is 4.79 Å². The fourth-order valence-electron chi connectivity index (χ4n) is 3.35. The largest absolute Gasteiger partial charge is 0.555 e. The van der Waals surface area contributed by atoms with Crippen LogP contribution in [0.4, 0.5) is 9.59 Å². The van der Waals surface area contributed by atoms with Gasteiger partial charge in [0.05, 0.1) is 13.2 Å². The van der Waals surface area contributed by atoms with Gasteiger partial charge in [0, 0.05) is 50.1 Å². The molecule has 7 nitrogen and oxygen atoms in total. The summed E-state index contributed by atoms with van der Waals surface area (Å²) in [7, 11) is 2.11. The zero-order valence-corrected chi connectivity index (χ0v) is 21.6. The summed E-state index contributed by atoms with van der Waals surface area (Å²) in [6.07, 6.45) is -0.880. The molecule has 0 bridgehead atoms. The number of carbonyl (C=O) groups is 2. The fourth-order valence-corrected chi connectivity index (χ4v) is 3.56. The molecule has 0 unspecified atom stereocenters. The van der Waals surface area contributed by atoms with E-state index in [1.54, 1.807) is 0 Å². The number of hydrogen-bond acceptors (Lipinski definition) is 6. The van der Waals surface area contributed by atoms with Gasteiger partial charge in [-0.3, -0.25) is 4.79 Å². The van der Waals surface area contributed by atoms with Crippen molar-refractivity contribution in [2.45, 2.75) is 5.92 Å². The van der Waals surface area contributed by atoms with Crippen molar-refractivity contribution in [3.05, 3.63) is 64.4 Å². The summed E-state index contributed by atoms with van der Waals surface area (Å²) >= 11 is 0.160. The first-order chi connectivity index (χ1) is 14.1. The van der Waals surface area contributed by atoms with Gasteiger partial charge in [-0.15, -0.1) is 11.9 Å². The summed E-state index contributed by atoms with van der Waals surface area (Å²) in [5.41, 5.74) is 4.47. The quantitative estimate of drug-likeness (QED) is 0.475. The van der Waals surface area contributed by atoms with Crippen molar-refractivity contribution in [1.82, 2.24) is 4.90 Å². The number of hydrogen-bond donors (Lipinski definition) is 1. The molecule has 0 atom stereocenters. The minimum Gasteiger partial charge on any atom is -0.555 e. The molecule has 1 aliphatic carbocycles. The number of fused-ring (bicyclic) bond motifs is 3. The van der Waals surface area contributed by atoms with Crippen molar-refractivity contribution in [2.75, 3.05) is 40.0 Å². The molecular weight excluding hydrogens is 630 g/mol. The van der Waals surface area contributed by atoms with E-state index in [-0.39, 0.29) is 55.6 Å². The zero-order chi connectivity index (χ0) is 20.6. The van der Waals surface area contributed by atoms with Crippen molar-refractivity contribution in [3.63, 3.8) is 0 Å². The van der Waals surface area contributed by atoms with Gasteiger partial charge in [-0.1, -0.05) is 48.5 Å². The number of carbonyl (C=O) groups excluding carboxylic acids is 1. The van der Waals surface area contributed by atoms with E-state index >= 15 is 0 Å². The molecule has 1 saturated heterocycles. The van der Waals surface area contributed by atoms with Crippen LogP contribution in [0.5, 0.6) is 0 Å². The number of nitrogens with zero attached hydrogens (tertiary/aromatic N) is 2. The van der Waals surface area contributed by atoms with Crippen LogP contribution in [-0.4, -0.2) is 61.4 Å². The van der Waals surface area contributed by atoms with Crippen LogP contribution in [-0.2, 0) is 9.47 Å². The Bertz CT molecular complexity index is 815. The second kappa shape index (κ2) is 12.4. The minimum atomic E-state index is -1.24. The zero-order valence-electron chi connectivity index (χ0n) is 16.6. The number of carboxylic acid groups (broad SMARTS) is 1. The number of amides is 1. The van der Waals surface area contributed by atoms with E-state index in [2.05, 4.69) is 16.7 Å². The SMILES string of the molecule is CN1CCOCC1.O=C([N-]SC(=O)O)OCC1c2ccccc2-c2ccccc21.[U]. The second-order valence-corrected chi connectivity index (χ2v) is 7.38. The van der Waals surface area contributed by atoms with E-state index in [9.17, 15) is 9.59 Å². The average Bonchev–Trinajstić information content (AvgIpc) is 3.06. The van der Waals surface area contributed by atoms with Crippen molar-refractivity contribution >= 4 is 23.3 Å². The first-order valence-corrected chi connectivity index (χ1v) is 10.1. The molecule has 1 amide bonds. The van der Waals surface area contributed by atoms with E-state index in [0.717, 1.165) is 48.6 Å². The molecule has 2 aromatic carbocycles. The molecule has 0 aromatic heterocycles. The van der Waals surface area contributed by atoms with Gasteiger partial charge in [0.1, 0.15) is 6.61 Å². The molecule has 0 saturated carbocycles. The Kier molecular flexibility index (Phi) is 10.2. The number of rotatable bonds is 2. The third-order valence-corrected chi connectivity index (χ3v) is 5.17. The van der Waals surface area contributed by atoms with Crippen molar-refractivity contribution < 1.29 is 55.3 Å². The molecule has 1 N–H and O–H groups in total. The molecule has 0 spiro atoms. The molecule has 158 valence electrons. The molecule has 2 aliphatic rings. The predicted octanol–water partition coefficient (Wildman–Crippen LogP) is 4.58. The molecule has 4 rings (SSSR count). The topological polar surface area (TPSA) is 90.2 Å². The Hall–Kier alpha value is -1.50. The Morgan fingerprint density at radius 2 is 1.63 bits per heavy atom. The third-order valence-electron chi connectivity index (χ3n) is 4.77. The molecule has 1 heterocycles. The number of morpholine rings is 1. The summed E-state index contributed by atoms with van der Waals surface area (Å²) < 4.78 is 13.5. The van der Waals surface area contributed by atoms with Gasteiger partial charge >= 0.3 is 5.30 Å². The Morgan fingerprint density at radius 1 is 1.10 bits per heavy atom. The minimum absolute atomic E-state index is 0. The summed E-state index contributed by atoms with van der Waals surface area (Å²) in [6.45, 7) is 4.16. The predicted molar refractivity (Wildman–Crippen MR) is 112 cm³/mol. The van der Waals surface area contributed by atoms with Crippen molar-refractivity contribution in [3.8, 4) is 11.1 Å². The summed E-state index contributed by atoms with van der Waals surface area (Å²) in [5.74, 6) is -0.0543. The molecule has 9 heteroatoms. The molecule has 30 heavy (non-hydrogen) atoms. The van der Waals surface area contributed by atoms with Crippen molar-refractivity contribution in [1.29, 1.82) is 0 Å². The van der Waals surface area contributed by atoms with E-state index < -0.39 is 11.4 Å². The maximum absolute atomic E-state index is 11.5. The first-order valence-electron chi connectivity index (χ1n) is 9.28. The van der Waals surface area contributed by atoms with Gasteiger partial charge in [0.25, 0.3) is 0 Å². The van der Waals surface area contributed by atoms with Crippen LogP contribution in [0, 0.1) is 31.1 Å². The Morgan fingerprint density at radius 3 is 2.10 bits per heavy atom. The number of ether oxygens (including phenoxy) is 2.